The van der Waals surface area contributed by atoms with Gasteiger partial charge in [-0.2, -0.15) is 5.10 Å². The summed E-state index contributed by atoms with van der Waals surface area (Å²) in [4.78, 5) is 12.4. The minimum atomic E-state index is -0.426. The predicted molar refractivity (Wildman–Crippen MR) is 87.7 cm³/mol. The van der Waals surface area contributed by atoms with Crippen LogP contribution in [0.3, 0.4) is 0 Å². The summed E-state index contributed by atoms with van der Waals surface area (Å²) in [5.41, 5.74) is 1.37. The highest BCUT2D eigenvalue weighted by molar-refractivity contribution is 5.94. The molecule has 3 rings (SSSR count). The minimum Gasteiger partial charge on any atom is -0.493 e. The largest absolute Gasteiger partial charge is 0.493 e. The monoisotopic (exact) mass is 325 g/mol. The number of nitrogens with one attached hydrogen (secondary N) is 1. The number of ether oxygens (including phenoxy) is 1. The average molecular weight is 325 g/mol. The lowest BCUT2D eigenvalue weighted by Gasteiger charge is -2.05. The van der Waals surface area contributed by atoms with Gasteiger partial charge in [0.1, 0.15) is 5.82 Å². The SMILES string of the molecule is COc1cn(-c2ccccc2)nc1C(=O)NCc1ccccc1F. The number of amides is 1. The molecule has 0 aliphatic heterocycles. The third-order valence-corrected chi connectivity index (χ3v) is 3.53. The lowest BCUT2D eigenvalue weighted by atomic mass is 10.2. The third kappa shape index (κ3) is 3.27. The number of hydrogen-bond donors (Lipinski definition) is 1. The number of halogens is 1. The van der Waals surface area contributed by atoms with E-state index in [9.17, 15) is 9.18 Å². The molecule has 0 aliphatic rings. The standard InChI is InChI=1S/C18H16FN3O2/c1-24-16-12-22(14-8-3-2-4-9-14)21-17(16)18(23)20-11-13-7-5-6-10-15(13)19/h2-10,12H,11H2,1H3,(H,20,23). The maximum atomic E-state index is 13.6. The molecule has 0 atom stereocenters. The highest BCUT2D eigenvalue weighted by atomic mass is 19.1. The van der Waals surface area contributed by atoms with Crippen LogP contribution in [0.1, 0.15) is 16.1 Å². The zero-order valence-corrected chi connectivity index (χ0v) is 13.1. The molecule has 5 nitrogen and oxygen atoms in total. The number of benzene rings is 2. The Morgan fingerprint density at radius 3 is 2.58 bits per heavy atom. The van der Waals surface area contributed by atoms with E-state index in [2.05, 4.69) is 10.4 Å². The molecular weight excluding hydrogens is 309 g/mol. The van der Waals surface area contributed by atoms with Gasteiger partial charge in [0.25, 0.3) is 5.91 Å². The van der Waals surface area contributed by atoms with Crippen LogP contribution in [-0.4, -0.2) is 22.8 Å². The Kier molecular flexibility index (Phi) is 4.56. The Labute approximate surface area is 138 Å². The normalized spacial score (nSPS) is 10.4. The van der Waals surface area contributed by atoms with E-state index in [4.69, 9.17) is 4.74 Å². The van der Waals surface area contributed by atoms with Crippen LogP contribution in [0, 0.1) is 5.82 Å². The minimum absolute atomic E-state index is 0.0762. The molecule has 1 amide bonds. The van der Waals surface area contributed by atoms with E-state index in [1.807, 2.05) is 30.3 Å². The Hall–Kier alpha value is -3.15. The molecule has 1 aromatic heterocycles. The first kappa shape index (κ1) is 15.7. The summed E-state index contributed by atoms with van der Waals surface area (Å²) >= 11 is 0. The molecule has 6 heteroatoms. The molecule has 122 valence electrons. The fourth-order valence-corrected chi connectivity index (χ4v) is 2.28. The van der Waals surface area contributed by atoms with Crippen molar-refractivity contribution in [1.29, 1.82) is 0 Å². The topological polar surface area (TPSA) is 56.2 Å². The van der Waals surface area contributed by atoms with Crippen molar-refractivity contribution in [3.05, 3.63) is 77.9 Å². The van der Waals surface area contributed by atoms with Crippen LogP contribution < -0.4 is 10.1 Å². The highest BCUT2D eigenvalue weighted by Crippen LogP contribution is 2.19. The van der Waals surface area contributed by atoms with Crippen LogP contribution in [0.2, 0.25) is 0 Å². The van der Waals surface area contributed by atoms with Crippen LogP contribution in [-0.2, 0) is 6.54 Å². The number of methoxy groups -OCH3 is 1. The smallest absolute Gasteiger partial charge is 0.275 e. The Morgan fingerprint density at radius 2 is 1.88 bits per heavy atom. The fraction of sp³-hybridized carbons (Fsp3) is 0.111. The first-order valence-electron chi connectivity index (χ1n) is 7.39. The fourth-order valence-electron chi connectivity index (χ4n) is 2.28. The van der Waals surface area contributed by atoms with Crippen molar-refractivity contribution in [3.8, 4) is 11.4 Å². The Morgan fingerprint density at radius 1 is 1.17 bits per heavy atom. The Balaban J connectivity index is 1.79. The summed E-state index contributed by atoms with van der Waals surface area (Å²) < 4.78 is 20.4. The van der Waals surface area contributed by atoms with E-state index in [0.29, 0.717) is 11.3 Å². The van der Waals surface area contributed by atoms with Crippen molar-refractivity contribution in [2.75, 3.05) is 7.11 Å². The van der Waals surface area contributed by atoms with E-state index < -0.39 is 5.91 Å². The van der Waals surface area contributed by atoms with Gasteiger partial charge in [0.05, 0.1) is 19.0 Å². The van der Waals surface area contributed by atoms with Crippen molar-refractivity contribution in [3.63, 3.8) is 0 Å². The second-order valence-electron chi connectivity index (χ2n) is 5.10. The van der Waals surface area contributed by atoms with Gasteiger partial charge in [0.15, 0.2) is 11.4 Å². The second-order valence-corrected chi connectivity index (χ2v) is 5.10. The van der Waals surface area contributed by atoms with E-state index in [0.717, 1.165) is 5.69 Å². The van der Waals surface area contributed by atoms with Gasteiger partial charge in [-0.1, -0.05) is 36.4 Å². The van der Waals surface area contributed by atoms with Crippen LogP contribution in [0.4, 0.5) is 4.39 Å². The zero-order chi connectivity index (χ0) is 16.9. The molecule has 0 unspecified atom stereocenters. The van der Waals surface area contributed by atoms with E-state index in [1.165, 1.54) is 13.2 Å². The molecule has 24 heavy (non-hydrogen) atoms. The molecule has 3 aromatic rings. The molecule has 1 N–H and O–H groups in total. The summed E-state index contributed by atoms with van der Waals surface area (Å²) in [5, 5.41) is 6.93. The van der Waals surface area contributed by atoms with Gasteiger partial charge in [-0.25, -0.2) is 9.07 Å². The van der Waals surface area contributed by atoms with Crippen molar-refractivity contribution >= 4 is 5.91 Å². The molecule has 0 radical (unpaired) electrons. The van der Waals surface area contributed by atoms with Gasteiger partial charge in [0.2, 0.25) is 0 Å². The van der Waals surface area contributed by atoms with Crippen molar-refractivity contribution in [1.82, 2.24) is 15.1 Å². The zero-order valence-electron chi connectivity index (χ0n) is 13.1. The van der Waals surface area contributed by atoms with E-state index >= 15 is 0 Å². The molecule has 0 aliphatic carbocycles. The highest BCUT2D eigenvalue weighted by Gasteiger charge is 2.18. The lowest BCUT2D eigenvalue weighted by molar-refractivity contribution is 0.0942. The summed E-state index contributed by atoms with van der Waals surface area (Å²) in [6.07, 6.45) is 1.63. The summed E-state index contributed by atoms with van der Waals surface area (Å²) in [5.74, 6) is -0.436. The second kappa shape index (κ2) is 6.95. The van der Waals surface area contributed by atoms with Gasteiger partial charge in [-0.05, 0) is 18.2 Å². The lowest BCUT2D eigenvalue weighted by Crippen LogP contribution is -2.24. The van der Waals surface area contributed by atoms with Gasteiger partial charge in [-0.3, -0.25) is 4.79 Å². The molecule has 0 fully saturated rings. The summed E-state index contributed by atoms with van der Waals surface area (Å²) in [6, 6.07) is 15.7. The van der Waals surface area contributed by atoms with E-state index in [-0.39, 0.29) is 18.1 Å². The van der Waals surface area contributed by atoms with Gasteiger partial charge < -0.3 is 10.1 Å². The third-order valence-electron chi connectivity index (χ3n) is 3.53. The number of carbonyl (C=O) groups excluding carboxylic acids is 1. The number of aromatic nitrogens is 2. The maximum absolute atomic E-state index is 13.6. The first-order valence-corrected chi connectivity index (χ1v) is 7.39. The van der Waals surface area contributed by atoms with Crippen LogP contribution in [0.25, 0.3) is 5.69 Å². The first-order chi connectivity index (χ1) is 11.7. The van der Waals surface area contributed by atoms with Gasteiger partial charge in [-0.15, -0.1) is 0 Å². The van der Waals surface area contributed by atoms with Crippen LogP contribution in [0.5, 0.6) is 5.75 Å². The average Bonchev–Trinajstić information content (AvgIpc) is 3.06. The molecule has 0 saturated heterocycles. The van der Waals surface area contributed by atoms with Crippen molar-refractivity contribution in [2.45, 2.75) is 6.54 Å². The van der Waals surface area contributed by atoms with Crippen LogP contribution >= 0.6 is 0 Å². The number of hydrogen-bond acceptors (Lipinski definition) is 3. The van der Waals surface area contributed by atoms with Crippen molar-refractivity contribution < 1.29 is 13.9 Å². The predicted octanol–water partition coefficient (Wildman–Crippen LogP) is 2.95. The maximum Gasteiger partial charge on any atom is 0.275 e. The molecule has 1 heterocycles. The number of nitrogens with zero attached hydrogens (tertiary/aromatic N) is 2. The molecular formula is C18H16FN3O2. The molecule has 0 spiro atoms. The van der Waals surface area contributed by atoms with E-state index in [1.54, 1.807) is 29.1 Å². The number of para-hydroxylation sites is 1. The number of carbonyl (C=O) groups is 1. The molecule has 2 aromatic carbocycles. The number of rotatable bonds is 5. The molecule has 0 saturated carbocycles. The quantitative estimate of drug-likeness (QED) is 0.785. The molecule has 0 bridgehead atoms. The van der Waals surface area contributed by atoms with Crippen molar-refractivity contribution in [2.24, 2.45) is 0 Å². The summed E-state index contributed by atoms with van der Waals surface area (Å²) in [6.45, 7) is 0.0762. The van der Waals surface area contributed by atoms with Crippen LogP contribution in [0.15, 0.2) is 60.8 Å². The summed E-state index contributed by atoms with van der Waals surface area (Å²) in [7, 11) is 1.47. The Bertz CT molecular complexity index is 846. The van der Waals surface area contributed by atoms with Gasteiger partial charge in [0, 0.05) is 12.1 Å². The van der Waals surface area contributed by atoms with Gasteiger partial charge >= 0.3 is 0 Å².